The Bertz CT molecular complexity index is 2240. The highest BCUT2D eigenvalue weighted by molar-refractivity contribution is 5.84. The van der Waals surface area contributed by atoms with Crippen LogP contribution in [0.15, 0.2) is 97.3 Å². The van der Waals surface area contributed by atoms with Gasteiger partial charge in [-0.1, -0.05) is 26.0 Å². The van der Waals surface area contributed by atoms with Gasteiger partial charge in [0.2, 0.25) is 0 Å². The quantitative estimate of drug-likeness (QED) is 0.106. The number of hydrogen-bond donors (Lipinski definition) is 1. The molecule has 2 fully saturated rings. The largest absolute Gasteiger partial charge is 0.491 e. The van der Waals surface area contributed by atoms with Gasteiger partial charge in [0.05, 0.1) is 34.6 Å². The van der Waals surface area contributed by atoms with Crippen LogP contribution < -0.4 is 20.1 Å². The fourth-order valence-electron chi connectivity index (χ4n) is 7.02. The number of ether oxygens (including phenoxy) is 6. The van der Waals surface area contributed by atoms with Crippen molar-refractivity contribution in [3.63, 3.8) is 0 Å². The lowest BCUT2D eigenvalue weighted by atomic mass is 10.1. The van der Waals surface area contributed by atoms with E-state index in [-0.39, 0.29) is 24.8 Å². The summed E-state index contributed by atoms with van der Waals surface area (Å²) in [5.74, 6) is 3.06. The maximum absolute atomic E-state index is 6.07. The molecule has 0 radical (unpaired) electrons. The van der Waals surface area contributed by atoms with Crippen molar-refractivity contribution in [3.8, 4) is 34.0 Å². The molecule has 2 aliphatic heterocycles. The summed E-state index contributed by atoms with van der Waals surface area (Å²) in [4.78, 5) is 20.1. The fraction of sp³-hybridized carbons (Fsp3) is 0.417. The highest BCUT2D eigenvalue weighted by Crippen LogP contribution is 2.27. The Labute approximate surface area is 353 Å². The Hall–Kier alpha value is -5.40. The highest BCUT2D eigenvalue weighted by atomic mass is 16.7. The van der Waals surface area contributed by atoms with Crippen molar-refractivity contribution >= 4 is 33.4 Å². The van der Waals surface area contributed by atoms with Crippen LogP contribution in [0.3, 0.4) is 0 Å². The standard InChI is InChI=1S/C25H31N3O3.C23H27N3O3/c1-4-20(31-25-7-5-6-14-29-25)17-30-21-10-12-22-18(15-21)8-11-23(27-22)19-9-13-24(26-16-19)28(2)3;1-2-18(29-23-5-3-4-12-27-23)15-28-19-8-10-20-16(13-19)6-9-21(26-20)17-7-11-22(24)25-14-17/h8-13,15-16,20,25H,4-7,14,17H2,1-3H3;6-11,13-14,18,23H,2-5,12,15H2,1H3,(H2,24,25). The first-order valence-electron chi connectivity index (χ1n) is 21.3. The van der Waals surface area contributed by atoms with Crippen LogP contribution in [-0.2, 0) is 18.9 Å². The molecule has 60 heavy (non-hydrogen) atoms. The molecular weight excluding hydrogens is 757 g/mol. The van der Waals surface area contributed by atoms with Gasteiger partial charge >= 0.3 is 0 Å². The summed E-state index contributed by atoms with van der Waals surface area (Å²) in [7, 11) is 3.96. The van der Waals surface area contributed by atoms with Crippen LogP contribution in [0.1, 0.15) is 65.2 Å². The molecule has 0 saturated carbocycles. The Morgan fingerprint density at radius 3 is 1.57 bits per heavy atom. The summed E-state index contributed by atoms with van der Waals surface area (Å²) in [6, 6.07) is 27.8. The van der Waals surface area contributed by atoms with E-state index in [4.69, 9.17) is 44.1 Å². The number of fused-ring (bicyclic) bond motifs is 2. The van der Waals surface area contributed by atoms with E-state index in [0.29, 0.717) is 19.0 Å². The molecule has 0 spiro atoms. The second kappa shape index (κ2) is 21.2. The van der Waals surface area contributed by atoms with Crippen molar-refractivity contribution in [1.82, 2.24) is 19.9 Å². The molecule has 316 valence electrons. The normalized spacial score (nSPS) is 17.7. The van der Waals surface area contributed by atoms with Crippen LogP contribution in [0, 0.1) is 0 Å². The molecule has 8 rings (SSSR count). The second-order valence-corrected chi connectivity index (χ2v) is 15.4. The molecule has 6 heterocycles. The van der Waals surface area contributed by atoms with Gasteiger partial charge in [-0.25, -0.2) is 19.9 Å². The minimum absolute atomic E-state index is 0.0207. The SMILES string of the molecule is CCC(COc1ccc2nc(-c3ccc(N(C)C)nc3)ccc2c1)OC1CCCCO1.CCC(COc1ccc2nc(-c3ccc(N)nc3)ccc2c1)OC1CCCCO1. The van der Waals surface area contributed by atoms with E-state index in [0.717, 1.165) is 126 Å². The minimum atomic E-state index is -0.0978. The molecule has 0 amide bonds. The lowest BCUT2D eigenvalue weighted by molar-refractivity contribution is -0.193. The number of hydrogen-bond acceptors (Lipinski definition) is 12. The minimum Gasteiger partial charge on any atom is -0.491 e. The lowest BCUT2D eigenvalue weighted by Crippen LogP contribution is -2.31. The summed E-state index contributed by atoms with van der Waals surface area (Å²) in [6.07, 6.45) is 11.7. The lowest BCUT2D eigenvalue weighted by Gasteiger charge is -2.27. The molecule has 12 heteroatoms. The van der Waals surface area contributed by atoms with E-state index in [1.807, 2.05) is 91.9 Å². The van der Waals surface area contributed by atoms with Gasteiger partial charge in [-0.05, 0) is 124 Å². The Kier molecular flexibility index (Phi) is 15.1. The second-order valence-electron chi connectivity index (χ2n) is 15.4. The third kappa shape index (κ3) is 11.9. The van der Waals surface area contributed by atoms with Crippen molar-refractivity contribution in [1.29, 1.82) is 0 Å². The van der Waals surface area contributed by atoms with Crippen LogP contribution in [-0.4, -0.2) is 85.2 Å². The summed E-state index contributed by atoms with van der Waals surface area (Å²) in [5, 5.41) is 2.07. The first-order chi connectivity index (χ1) is 29.3. The summed E-state index contributed by atoms with van der Waals surface area (Å²) in [6.45, 7) is 6.81. The van der Waals surface area contributed by atoms with E-state index < -0.39 is 0 Å². The van der Waals surface area contributed by atoms with E-state index in [1.165, 1.54) is 0 Å². The number of pyridine rings is 4. The zero-order valence-electron chi connectivity index (χ0n) is 35.3. The first-order valence-corrected chi connectivity index (χ1v) is 21.3. The van der Waals surface area contributed by atoms with Gasteiger partial charge in [0, 0.05) is 61.6 Å². The third-order valence-electron chi connectivity index (χ3n) is 10.7. The van der Waals surface area contributed by atoms with E-state index in [2.05, 4.69) is 35.9 Å². The van der Waals surface area contributed by atoms with Crippen LogP contribution in [0.5, 0.6) is 11.5 Å². The van der Waals surface area contributed by atoms with Gasteiger partial charge in [0.15, 0.2) is 12.6 Å². The number of aromatic nitrogens is 4. The number of nitrogens with two attached hydrogens (primary N) is 1. The molecule has 2 aromatic carbocycles. The molecule has 2 saturated heterocycles. The van der Waals surface area contributed by atoms with Crippen molar-refractivity contribution in [2.24, 2.45) is 0 Å². The zero-order chi connectivity index (χ0) is 41.7. The van der Waals surface area contributed by atoms with E-state index >= 15 is 0 Å². The molecule has 2 N–H and O–H groups in total. The average Bonchev–Trinajstić information content (AvgIpc) is 3.30. The van der Waals surface area contributed by atoms with Crippen LogP contribution in [0.2, 0.25) is 0 Å². The smallest absolute Gasteiger partial charge is 0.158 e. The summed E-state index contributed by atoms with van der Waals surface area (Å²) in [5.41, 5.74) is 11.2. The Morgan fingerprint density at radius 1 is 0.633 bits per heavy atom. The van der Waals surface area contributed by atoms with Crippen molar-refractivity contribution in [2.75, 3.05) is 51.2 Å². The molecule has 4 atom stereocenters. The zero-order valence-corrected chi connectivity index (χ0v) is 35.3. The monoisotopic (exact) mass is 814 g/mol. The number of nitrogen functional groups attached to an aromatic ring is 1. The molecular formula is C48H58N6O6. The van der Waals surface area contributed by atoms with Crippen LogP contribution in [0.25, 0.3) is 44.3 Å². The maximum atomic E-state index is 6.07. The first kappa shape index (κ1) is 42.7. The highest BCUT2D eigenvalue weighted by Gasteiger charge is 2.21. The van der Waals surface area contributed by atoms with Crippen molar-refractivity contribution < 1.29 is 28.4 Å². The molecule has 6 aromatic rings. The van der Waals surface area contributed by atoms with Gasteiger partial charge < -0.3 is 39.1 Å². The third-order valence-corrected chi connectivity index (χ3v) is 10.7. The van der Waals surface area contributed by atoms with Gasteiger partial charge in [-0.15, -0.1) is 0 Å². The van der Waals surface area contributed by atoms with Crippen molar-refractivity contribution in [3.05, 3.63) is 97.3 Å². The van der Waals surface area contributed by atoms with Gasteiger partial charge in [0.1, 0.15) is 36.3 Å². The van der Waals surface area contributed by atoms with Gasteiger partial charge in [-0.3, -0.25) is 0 Å². The van der Waals surface area contributed by atoms with Crippen LogP contribution in [0.4, 0.5) is 11.6 Å². The predicted octanol–water partition coefficient (Wildman–Crippen LogP) is 9.64. The van der Waals surface area contributed by atoms with E-state index in [1.54, 1.807) is 12.3 Å². The molecule has 2 aliphatic rings. The number of nitrogens with zero attached hydrogens (tertiary/aromatic N) is 5. The Balaban J connectivity index is 0.000000182. The number of benzene rings is 2. The molecule has 0 aliphatic carbocycles. The van der Waals surface area contributed by atoms with Gasteiger partial charge in [-0.2, -0.15) is 0 Å². The van der Waals surface area contributed by atoms with Crippen LogP contribution >= 0.6 is 0 Å². The molecule has 4 unspecified atom stereocenters. The predicted molar refractivity (Wildman–Crippen MR) is 237 cm³/mol. The molecule has 4 aromatic heterocycles. The fourth-order valence-corrected chi connectivity index (χ4v) is 7.02. The molecule has 12 nitrogen and oxygen atoms in total. The van der Waals surface area contributed by atoms with E-state index in [9.17, 15) is 0 Å². The summed E-state index contributed by atoms with van der Waals surface area (Å²) >= 11 is 0. The van der Waals surface area contributed by atoms with Crippen molar-refractivity contribution in [2.45, 2.75) is 90.0 Å². The van der Waals surface area contributed by atoms with Gasteiger partial charge in [0.25, 0.3) is 0 Å². The number of rotatable bonds is 15. The summed E-state index contributed by atoms with van der Waals surface area (Å²) < 4.78 is 35.5. The maximum Gasteiger partial charge on any atom is 0.158 e. The average molecular weight is 815 g/mol. The number of anilines is 2. The Morgan fingerprint density at radius 2 is 1.15 bits per heavy atom. The molecule has 0 bridgehead atoms. The topological polar surface area (TPSA) is 136 Å².